The Hall–Kier alpha value is -2.36. The highest BCUT2D eigenvalue weighted by molar-refractivity contribution is 7.98. The lowest BCUT2D eigenvalue weighted by atomic mass is 9.90. The van der Waals surface area contributed by atoms with Crippen LogP contribution in [0.1, 0.15) is 12.8 Å². The molecule has 1 aromatic carbocycles. The van der Waals surface area contributed by atoms with Crippen molar-refractivity contribution in [1.82, 2.24) is 9.78 Å². The summed E-state index contributed by atoms with van der Waals surface area (Å²) in [6, 6.07) is 7.60. The molecule has 0 aliphatic carbocycles. The first-order valence-electron chi connectivity index (χ1n) is 8.63. The summed E-state index contributed by atoms with van der Waals surface area (Å²) >= 11 is 1.64. The van der Waals surface area contributed by atoms with Crippen LogP contribution in [0.3, 0.4) is 0 Å². The van der Waals surface area contributed by atoms with Crippen molar-refractivity contribution in [2.45, 2.75) is 29.8 Å². The Kier molecular flexibility index (Phi) is 6.15. The van der Waals surface area contributed by atoms with Gasteiger partial charge in [0.25, 0.3) is 0 Å². The van der Waals surface area contributed by atoms with E-state index in [9.17, 15) is 9.59 Å². The summed E-state index contributed by atoms with van der Waals surface area (Å²) < 4.78 is 6.72. The zero-order valence-electron chi connectivity index (χ0n) is 15.1. The Labute approximate surface area is 161 Å². The zero-order chi connectivity index (χ0) is 19.3. The largest absolute Gasteiger partial charge is 0.381 e. The third-order valence-electron chi connectivity index (χ3n) is 4.41. The van der Waals surface area contributed by atoms with Gasteiger partial charge in [0.1, 0.15) is 12.1 Å². The van der Waals surface area contributed by atoms with Gasteiger partial charge >= 0.3 is 0 Å². The van der Waals surface area contributed by atoms with Crippen molar-refractivity contribution in [1.29, 1.82) is 0 Å². The van der Waals surface area contributed by atoms with Gasteiger partial charge in [0, 0.05) is 30.0 Å². The highest BCUT2D eigenvalue weighted by Crippen LogP contribution is 2.20. The molecule has 1 aliphatic heterocycles. The van der Waals surface area contributed by atoms with Gasteiger partial charge in [-0.25, -0.2) is 0 Å². The van der Waals surface area contributed by atoms with Gasteiger partial charge in [-0.15, -0.1) is 11.8 Å². The average molecular weight is 389 g/mol. The highest BCUT2D eigenvalue weighted by atomic mass is 32.2. The molecule has 144 valence electrons. The number of amides is 2. The van der Waals surface area contributed by atoms with Crippen molar-refractivity contribution in [3.05, 3.63) is 36.7 Å². The molecule has 1 saturated heterocycles. The van der Waals surface area contributed by atoms with Crippen LogP contribution in [0.25, 0.3) is 0 Å². The van der Waals surface area contributed by atoms with Crippen LogP contribution in [0.15, 0.2) is 41.6 Å². The highest BCUT2D eigenvalue weighted by Gasteiger charge is 2.36. The van der Waals surface area contributed by atoms with Crippen LogP contribution in [-0.2, 0) is 20.9 Å². The summed E-state index contributed by atoms with van der Waals surface area (Å²) in [5.41, 5.74) is 6.46. The molecule has 4 N–H and O–H groups in total. The summed E-state index contributed by atoms with van der Waals surface area (Å²) in [5.74, 6) is -0.462. The fraction of sp³-hybridized carbons (Fsp3) is 0.389. The van der Waals surface area contributed by atoms with Gasteiger partial charge in [-0.2, -0.15) is 5.10 Å². The number of thioether (sulfide) groups is 1. The molecule has 1 fully saturated rings. The lowest BCUT2D eigenvalue weighted by Crippen LogP contribution is -2.54. The van der Waals surface area contributed by atoms with Crippen LogP contribution >= 0.6 is 11.8 Å². The van der Waals surface area contributed by atoms with Crippen molar-refractivity contribution in [2.24, 2.45) is 5.73 Å². The van der Waals surface area contributed by atoms with Crippen molar-refractivity contribution in [3.8, 4) is 0 Å². The number of nitrogens with zero attached hydrogens (tertiary/aromatic N) is 2. The SMILES string of the molecule is CSc1ccc(NC(=O)Cn2cc(NC(=O)C3(N)CCOCC3)cn2)cc1. The first-order valence-corrected chi connectivity index (χ1v) is 9.85. The van der Waals surface area contributed by atoms with E-state index >= 15 is 0 Å². The van der Waals surface area contributed by atoms with E-state index in [4.69, 9.17) is 10.5 Å². The fourth-order valence-electron chi connectivity index (χ4n) is 2.75. The third kappa shape index (κ3) is 5.09. The van der Waals surface area contributed by atoms with Gasteiger partial charge < -0.3 is 21.1 Å². The molecule has 0 unspecified atom stereocenters. The molecule has 0 spiro atoms. The maximum Gasteiger partial charge on any atom is 0.246 e. The molecule has 9 heteroatoms. The van der Waals surface area contributed by atoms with Crippen LogP contribution in [0.5, 0.6) is 0 Å². The molecule has 27 heavy (non-hydrogen) atoms. The maximum atomic E-state index is 12.4. The standard InChI is InChI=1S/C18H23N5O3S/c1-27-15-4-2-13(3-5-15)21-16(24)12-23-11-14(10-20-23)22-17(25)18(19)6-8-26-9-7-18/h2-5,10-11H,6-9,12,19H2,1H3,(H,21,24)(H,22,25). The summed E-state index contributed by atoms with van der Waals surface area (Å²) in [6.07, 6.45) is 6.06. The van der Waals surface area contributed by atoms with Gasteiger partial charge in [-0.3, -0.25) is 14.3 Å². The van der Waals surface area contributed by atoms with Crippen molar-refractivity contribution < 1.29 is 14.3 Å². The van der Waals surface area contributed by atoms with E-state index in [0.717, 1.165) is 10.6 Å². The number of aromatic nitrogens is 2. The second-order valence-electron chi connectivity index (χ2n) is 6.43. The van der Waals surface area contributed by atoms with E-state index in [-0.39, 0.29) is 18.4 Å². The fourth-order valence-corrected chi connectivity index (χ4v) is 3.16. The zero-order valence-corrected chi connectivity index (χ0v) is 15.9. The first kappa shape index (κ1) is 19.4. The number of anilines is 2. The van der Waals surface area contributed by atoms with Crippen LogP contribution in [0.4, 0.5) is 11.4 Å². The topological polar surface area (TPSA) is 111 Å². The van der Waals surface area contributed by atoms with Crippen molar-refractivity contribution in [2.75, 3.05) is 30.1 Å². The second kappa shape index (κ2) is 8.55. The first-order chi connectivity index (χ1) is 13.0. The molecule has 8 nitrogen and oxygen atoms in total. The van der Waals surface area contributed by atoms with Gasteiger partial charge in [0.2, 0.25) is 11.8 Å². The van der Waals surface area contributed by atoms with Gasteiger partial charge in [-0.1, -0.05) is 0 Å². The lowest BCUT2D eigenvalue weighted by Gasteiger charge is -2.31. The Morgan fingerprint density at radius 1 is 1.22 bits per heavy atom. The Morgan fingerprint density at radius 2 is 1.93 bits per heavy atom. The van der Waals surface area contributed by atoms with E-state index in [1.165, 1.54) is 10.9 Å². The monoisotopic (exact) mass is 389 g/mol. The molecule has 0 saturated carbocycles. The number of hydrogen-bond donors (Lipinski definition) is 3. The number of rotatable bonds is 6. The number of ether oxygens (including phenoxy) is 1. The van der Waals surface area contributed by atoms with Crippen LogP contribution in [-0.4, -0.2) is 46.6 Å². The molecule has 0 radical (unpaired) electrons. The molecule has 2 amide bonds. The second-order valence-corrected chi connectivity index (χ2v) is 7.31. The summed E-state index contributed by atoms with van der Waals surface area (Å²) in [5, 5.41) is 9.71. The van der Waals surface area contributed by atoms with Gasteiger partial charge in [-0.05, 0) is 43.4 Å². The van der Waals surface area contributed by atoms with E-state index in [1.807, 2.05) is 30.5 Å². The normalized spacial score (nSPS) is 15.9. The lowest BCUT2D eigenvalue weighted by molar-refractivity contribution is -0.124. The minimum absolute atomic E-state index is 0.0434. The summed E-state index contributed by atoms with van der Waals surface area (Å²) in [4.78, 5) is 25.7. The number of carbonyl (C=O) groups is 2. The maximum absolute atomic E-state index is 12.4. The Morgan fingerprint density at radius 3 is 2.59 bits per heavy atom. The summed E-state index contributed by atoms with van der Waals surface area (Å²) in [6.45, 7) is 0.990. The molecule has 2 heterocycles. The number of nitrogens with one attached hydrogen (secondary N) is 2. The van der Waals surface area contributed by atoms with E-state index in [0.29, 0.717) is 31.7 Å². The van der Waals surface area contributed by atoms with Crippen LogP contribution < -0.4 is 16.4 Å². The van der Waals surface area contributed by atoms with Crippen molar-refractivity contribution >= 4 is 35.0 Å². The molecular weight excluding hydrogens is 366 g/mol. The third-order valence-corrected chi connectivity index (χ3v) is 5.15. The molecule has 2 aromatic rings. The van der Waals surface area contributed by atoms with E-state index < -0.39 is 5.54 Å². The number of nitrogens with two attached hydrogens (primary N) is 1. The molecule has 1 aromatic heterocycles. The molecule has 1 aliphatic rings. The Balaban J connectivity index is 1.53. The van der Waals surface area contributed by atoms with Crippen LogP contribution in [0, 0.1) is 0 Å². The van der Waals surface area contributed by atoms with Crippen LogP contribution in [0.2, 0.25) is 0 Å². The minimum atomic E-state index is -0.930. The minimum Gasteiger partial charge on any atom is -0.381 e. The van der Waals surface area contributed by atoms with Crippen molar-refractivity contribution in [3.63, 3.8) is 0 Å². The average Bonchev–Trinajstić information content (AvgIpc) is 3.09. The smallest absolute Gasteiger partial charge is 0.246 e. The molecule has 0 bridgehead atoms. The molecule has 0 atom stereocenters. The van der Waals surface area contributed by atoms with Gasteiger partial charge in [0.05, 0.1) is 11.9 Å². The molecular formula is C18H23N5O3S. The quantitative estimate of drug-likeness (QED) is 0.649. The summed E-state index contributed by atoms with van der Waals surface area (Å²) in [7, 11) is 0. The van der Waals surface area contributed by atoms with E-state index in [1.54, 1.807) is 18.0 Å². The Bertz CT molecular complexity index is 800. The predicted molar refractivity (Wildman–Crippen MR) is 105 cm³/mol. The van der Waals surface area contributed by atoms with Gasteiger partial charge in [0.15, 0.2) is 0 Å². The van der Waals surface area contributed by atoms with E-state index in [2.05, 4.69) is 15.7 Å². The predicted octanol–water partition coefficient (Wildman–Crippen LogP) is 1.69. The number of hydrogen-bond acceptors (Lipinski definition) is 6. The molecule has 3 rings (SSSR count). The number of carbonyl (C=O) groups excluding carboxylic acids is 2. The number of benzene rings is 1.